The number of halogens is 1. The number of hydrogen-bond acceptors (Lipinski definition) is 8. The third-order valence-corrected chi connectivity index (χ3v) is 7.23. The number of benzene rings is 2. The molecular weight excluding hydrogens is 501 g/mol. The lowest BCUT2D eigenvalue weighted by molar-refractivity contribution is -0.150. The van der Waals surface area contributed by atoms with Crippen LogP contribution in [-0.2, 0) is 23.9 Å². The second-order valence-electron chi connectivity index (χ2n) is 9.27. The Morgan fingerprint density at radius 2 is 1.67 bits per heavy atom. The molecule has 3 aromatic rings. The molecular formula is C30H26FN3O5. The highest BCUT2D eigenvalue weighted by molar-refractivity contribution is 6.14. The van der Waals surface area contributed by atoms with Crippen molar-refractivity contribution < 1.29 is 28.2 Å². The predicted octanol–water partition coefficient (Wildman–Crippen LogP) is 3.97. The molecule has 0 unspecified atom stereocenters. The zero-order chi connectivity index (χ0) is 27.7. The summed E-state index contributed by atoms with van der Waals surface area (Å²) in [6.07, 6.45) is 3.33. The van der Waals surface area contributed by atoms with Gasteiger partial charge in [-0.1, -0.05) is 36.4 Å². The maximum absolute atomic E-state index is 14.4. The number of hydrogen-bond donors (Lipinski definition) is 1. The molecule has 0 saturated carbocycles. The van der Waals surface area contributed by atoms with E-state index in [1.54, 1.807) is 29.4 Å². The van der Waals surface area contributed by atoms with E-state index in [1.807, 2.05) is 30.3 Å². The Hall–Kier alpha value is -4.79. The van der Waals surface area contributed by atoms with E-state index in [2.05, 4.69) is 4.98 Å². The number of ketones is 1. The maximum atomic E-state index is 14.4. The Morgan fingerprint density at radius 1 is 0.974 bits per heavy atom. The number of esters is 2. The fraction of sp³-hybridized carbons (Fsp3) is 0.200. The van der Waals surface area contributed by atoms with E-state index in [0.717, 1.165) is 5.56 Å². The third-order valence-electron chi connectivity index (χ3n) is 7.23. The summed E-state index contributed by atoms with van der Waals surface area (Å²) in [5.41, 5.74) is 9.18. The number of allylic oxidation sites excluding steroid dienone is 2. The second-order valence-corrected chi connectivity index (χ2v) is 9.27. The summed E-state index contributed by atoms with van der Waals surface area (Å²) in [5, 5.41) is 0. The Kier molecular flexibility index (Phi) is 6.98. The molecule has 1 aliphatic heterocycles. The van der Waals surface area contributed by atoms with E-state index in [1.165, 1.54) is 38.5 Å². The van der Waals surface area contributed by atoms with Gasteiger partial charge in [0, 0.05) is 35.3 Å². The minimum Gasteiger partial charge on any atom is -0.468 e. The lowest BCUT2D eigenvalue weighted by Gasteiger charge is -2.44. The van der Waals surface area contributed by atoms with Crippen LogP contribution < -0.4 is 10.6 Å². The summed E-state index contributed by atoms with van der Waals surface area (Å²) < 4.78 is 24.1. The number of anilines is 1. The van der Waals surface area contributed by atoms with Crippen molar-refractivity contribution in [3.8, 4) is 0 Å². The zero-order valence-electron chi connectivity index (χ0n) is 21.3. The van der Waals surface area contributed by atoms with Gasteiger partial charge in [0.2, 0.25) is 0 Å². The number of aromatic nitrogens is 1. The molecule has 0 amide bonds. The number of pyridine rings is 1. The molecule has 0 saturated heterocycles. The first-order valence-electron chi connectivity index (χ1n) is 12.3. The normalized spacial score (nSPS) is 20.9. The van der Waals surface area contributed by atoms with Crippen LogP contribution in [0.1, 0.15) is 29.4 Å². The minimum absolute atomic E-state index is 0.0173. The molecule has 2 N–H and O–H groups in total. The highest BCUT2D eigenvalue weighted by atomic mass is 19.1. The van der Waals surface area contributed by atoms with Gasteiger partial charge in [-0.2, -0.15) is 0 Å². The molecule has 0 fully saturated rings. The molecule has 2 aromatic carbocycles. The summed E-state index contributed by atoms with van der Waals surface area (Å²) in [6.45, 7) is 0. The van der Waals surface area contributed by atoms with Crippen molar-refractivity contribution in [1.29, 1.82) is 0 Å². The second kappa shape index (κ2) is 10.5. The summed E-state index contributed by atoms with van der Waals surface area (Å²) in [4.78, 5) is 46.6. The smallest absolute Gasteiger partial charge is 0.338 e. The van der Waals surface area contributed by atoms with Crippen LogP contribution in [-0.4, -0.2) is 36.9 Å². The molecule has 5 rings (SSSR count). The number of Topliss-reactive ketones (excluding diaryl/α,β-unsaturated/α-hetero) is 1. The lowest BCUT2D eigenvalue weighted by Crippen LogP contribution is -2.46. The van der Waals surface area contributed by atoms with E-state index in [4.69, 9.17) is 15.2 Å². The molecule has 0 spiro atoms. The first-order valence-corrected chi connectivity index (χ1v) is 12.3. The molecule has 0 radical (unpaired) electrons. The average Bonchev–Trinajstić information content (AvgIpc) is 2.97. The van der Waals surface area contributed by atoms with Crippen molar-refractivity contribution in [2.75, 3.05) is 19.1 Å². The first kappa shape index (κ1) is 25.8. The fourth-order valence-corrected chi connectivity index (χ4v) is 5.51. The van der Waals surface area contributed by atoms with Crippen molar-refractivity contribution in [2.24, 2.45) is 11.7 Å². The van der Waals surface area contributed by atoms with Gasteiger partial charge in [-0.15, -0.1) is 0 Å². The standard InChI is InChI=1S/C30H26FN3O5/c1-38-29(36)24-21(17-7-4-3-5-8-17)15-22-25(27(24)35)23(18-9-6-14-33-16-18)26(30(37)39-2)28(32)34(22)20-12-10-19(31)11-13-20/h3-14,16,21,23-24H,15,32H2,1-2H3/t21-,23-,24+/m0/s1. The molecule has 2 aliphatic rings. The van der Waals surface area contributed by atoms with E-state index in [0.29, 0.717) is 16.9 Å². The fourth-order valence-electron chi connectivity index (χ4n) is 5.51. The largest absolute Gasteiger partial charge is 0.468 e. The topological polar surface area (TPSA) is 112 Å². The van der Waals surface area contributed by atoms with Gasteiger partial charge in [-0.25, -0.2) is 9.18 Å². The van der Waals surface area contributed by atoms with E-state index < -0.39 is 41.3 Å². The molecule has 198 valence electrons. The number of methoxy groups -OCH3 is 2. The molecule has 1 aromatic heterocycles. The van der Waals surface area contributed by atoms with Crippen molar-refractivity contribution in [1.82, 2.24) is 4.98 Å². The molecule has 1 aliphatic carbocycles. The number of nitrogens with zero attached hydrogens (tertiary/aromatic N) is 2. The van der Waals surface area contributed by atoms with Crippen LogP contribution in [0, 0.1) is 11.7 Å². The Labute approximate surface area is 224 Å². The number of carbonyl (C=O) groups is 3. The number of carbonyl (C=O) groups excluding carboxylic acids is 3. The van der Waals surface area contributed by atoms with Gasteiger partial charge in [0.25, 0.3) is 0 Å². The van der Waals surface area contributed by atoms with Gasteiger partial charge < -0.3 is 15.2 Å². The summed E-state index contributed by atoms with van der Waals surface area (Å²) in [6, 6.07) is 18.2. The van der Waals surface area contributed by atoms with Crippen molar-refractivity contribution in [3.05, 3.63) is 119 Å². The third kappa shape index (κ3) is 4.46. The van der Waals surface area contributed by atoms with Gasteiger partial charge in [0.15, 0.2) is 5.78 Å². The zero-order valence-corrected chi connectivity index (χ0v) is 21.3. The molecule has 2 heterocycles. The Bertz CT molecular complexity index is 1490. The van der Waals surface area contributed by atoms with Crippen molar-refractivity contribution in [2.45, 2.75) is 18.3 Å². The van der Waals surface area contributed by atoms with E-state index in [-0.39, 0.29) is 23.4 Å². The van der Waals surface area contributed by atoms with E-state index in [9.17, 15) is 18.8 Å². The van der Waals surface area contributed by atoms with Crippen LogP contribution in [0.2, 0.25) is 0 Å². The average molecular weight is 528 g/mol. The molecule has 0 bridgehead atoms. The highest BCUT2D eigenvalue weighted by Gasteiger charge is 2.51. The number of nitrogens with two attached hydrogens (primary N) is 1. The van der Waals surface area contributed by atoms with Gasteiger partial charge in [0.05, 0.1) is 25.7 Å². The minimum atomic E-state index is -1.16. The highest BCUT2D eigenvalue weighted by Crippen LogP contribution is 2.51. The Morgan fingerprint density at radius 3 is 2.28 bits per heavy atom. The molecule has 3 atom stereocenters. The van der Waals surface area contributed by atoms with Gasteiger partial charge in [0.1, 0.15) is 17.6 Å². The van der Waals surface area contributed by atoms with Crippen LogP contribution in [0.4, 0.5) is 10.1 Å². The summed E-state index contributed by atoms with van der Waals surface area (Å²) in [7, 11) is 2.46. The summed E-state index contributed by atoms with van der Waals surface area (Å²) >= 11 is 0. The van der Waals surface area contributed by atoms with Crippen LogP contribution in [0.15, 0.2) is 102 Å². The first-order chi connectivity index (χ1) is 18.9. The van der Waals surface area contributed by atoms with Gasteiger partial charge in [-0.05, 0) is 47.9 Å². The number of rotatable bonds is 5. The monoisotopic (exact) mass is 527 g/mol. The van der Waals surface area contributed by atoms with Crippen molar-refractivity contribution >= 4 is 23.4 Å². The Balaban J connectivity index is 1.82. The van der Waals surface area contributed by atoms with Crippen LogP contribution in [0.25, 0.3) is 0 Å². The number of ether oxygens (including phenoxy) is 2. The SMILES string of the molecule is COC(=O)C1=C(N)N(c2ccc(F)cc2)C2=C(C(=O)[C@H](C(=O)OC)[C@H](c3ccccc3)C2)[C@@H]1c1cccnc1. The predicted molar refractivity (Wildman–Crippen MR) is 140 cm³/mol. The maximum Gasteiger partial charge on any atom is 0.338 e. The van der Waals surface area contributed by atoms with Crippen LogP contribution in [0.3, 0.4) is 0 Å². The van der Waals surface area contributed by atoms with Crippen LogP contribution >= 0.6 is 0 Å². The van der Waals surface area contributed by atoms with Crippen LogP contribution in [0.5, 0.6) is 0 Å². The van der Waals surface area contributed by atoms with Gasteiger partial charge >= 0.3 is 11.9 Å². The lowest BCUT2D eigenvalue weighted by atomic mass is 9.67. The summed E-state index contributed by atoms with van der Waals surface area (Å²) in [5.74, 6) is -5.02. The quantitative estimate of drug-likeness (QED) is 0.392. The van der Waals surface area contributed by atoms with Crippen molar-refractivity contribution in [3.63, 3.8) is 0 Å². The van der Waals surface area contributed by atoms with E-state index >= 15 is 0 Å². The molecule has 39 heavy (non-hydrogen) atoms. The molecule has 9 heteroatoms. The van der Waals surface area contributed by atoms with Gasteiger partial charge in [-0.3, -0.25) is 19.5 Å². The molecule has 8 nitrogen and oxygen atoms in total.